The van der Waals surface area contributed by atoms with Crippen LogP contribution in [-0.4, -0.2) is 32.1 Å². The van der Waals surface area contributed by atoms with Crippen molar-refractivity contribution in [2.75, 3.05) is 24.9 Å². The quantitative estimate of drug-likeness (QED) is 0.485. The molecule has 3 aromatic rings. The zero-order valence-corrected chi connectivity index (χ0v) is 19.2. The molecule has 2 amide bonds. The standard InChI is InChI=1S/C26H28N2O5/c1-5-18-11-13-20(14-12-18)33-17(2)25(29)27-21-15-24(32-4)22(16-23(21)31-3)28-26(30)19-9-7-6-8-10-19/h6-17H,5H2,1-4H3,(H,27,29)(H,28,30). The zero-order chi connectivity index (χ0) is 23.8. The van der Waals surface area contributed by atoms with Crippen molar-refractivity contribution in [3.05, 3.63) is 77.9 Å². The third kappa shape index (κ3) is 6.04. The number of aryl methyl sites for hydroxylation is 1. The SMILES string of the molecule is CCc1ccc(OC(C)C(=O)Nc2cc(OC)c(NC(=O)c3ccccc3)cc2OC)cc1. The summed E-state index contributed by atoms with van der Waals surface area (Å²) in [5.74, 6) is 0.712. The number of rotatable bonds is 9. The molecule has 3 rings (SSSR count). The molecule has 0 heterocycles. The lowest BCUT2D eigenvalue weighted by molar-refractivity contribution is -0.122. The second-order valence-corrected chi connectivity index (χ2v) is 7.32. The predicted molar refractivity (Wildman–Crippen MR) is 128 cm³/mol. The number of hydrogen-bond donors (Lipinski definition) is 2. The lowest BCUT2D eigenvalue weighted by Gasteiger charge is -2.18. The van der Waals surface area contributed by atoms with Gasteiger partial charge < -0.3 is 24.8 Å². The molecule has 1 atom stereocenters. The molecule has 0 aliphatic heterocycles. The first-order chi connectivity index (χ1) is 15.9. The number of ether oxygens (including phenoxy) is 3. The zero-order valence-electron chi connectivity index (χ0n) is 19.2. The molecule has 1 unspecified atom stereocenters. The fourth-order valence-electron chi connectivity index (χ4n) is 3.17. The van der Waals surface area contributed by atoms with E-state index in [0.717, 1.165) is 6.42 Å². The van der Waals surface area contributed by atoms with Crippen LogP contribution in [0.15, 0.2) is 66.7 Å². The molecule has 0 aliphatic carbocycles. The van der Waals surface area contributed by atoms with Gasteiger partial charge in [0.25, 0.3) is 11.8 Å². The second kappa shape index (κ2) is 11.0. The van der Waals surface area contributed by atoms with Gasteiger partial charge in [-0.15, -0.1) is 0 Å². The van der Waals surface area contributed by atoms with E-state index < -0.39 is 6.10 Å². The Hall–Kier alpha value is -4.00. The molecule has 0 aromatic heterocycles. The van der Waals surface area contributed by atoms with Gasteiger partial charge in [0.05, 0.1) is 25.6 Å². The Morgan fingerprint density at radius 3 is 1.97 bits per heavy atom. The van der Waals surface area contributed by atoms with Crippen LogP contribution in [0.25, 0.3) is 0 Å². The molecular formula is C26H28N2O5. The molecule has 7 nitrogen and oxygen atoms in total. The van der Waals surface area contributed by atoms with E-state index in [4.69, 9.17) is 14.2 Å². The second-order valence-electron chi connectivity index (χ2n) is 7.32. The minimum Gasteiger partial charge on any atom is -0.494 e. The minimum absolute atomic E-state index is 0.288. The van der Waals surface area contributed by atoms with Crippen LogP contribution in [-0.2, 0) is 11.2 Å². The van der Waals surface area contributed by atoms with E-state index in [9.17, 15) is 9.59 Å². The molecule has 7 heteroatoms. The van der Waals surface area contributed by atoms with Crippen molar-refractivity contribution in [1.29, 1.82) is 0 Å². The van der Waals surface area contributed by atoms with Gasteiger partial charge in [-0.1, -0.05) is 37.3 Å². The van der Waals surface area contributed by atoms with Crippen LogP contribution in [0.2, 0.25) is 0 Å². The highest BCUT2D eigenvalue weighted by molar-refractivity contribution is 6.05. The maximum Gasteiger partial charge on any atom is 0.265 e. The topological polar surface area (TPSA) is 85.9 Å². The first-order valence-corrected chi connectivity index (χ1v) is 10.6. The van der Waals surface area contributed by atoms with E-state index in [1.165, 1.54) is 19.8 Å². The largest absolute Gasteiger partial charge is 0.494 e. The van der Waals surface area contributed by atoms with Gasteiger partial charge in [0.15, 0.2) is 6.10 Å². The number of nitrogens with one attached hydrogen (secondary N) is 2. The Morgan fingerprint density at radius 1 is 0.848 bits per heavy atom. The van der Waals surface area contributed by atoms with Crippen LogP contribution in [0.5, 0.6) is 17.2 Å². The number of anilines is 2. The van der Waals surface area contributed by atoms with Crippen LogP contribution in [0, 0.1) is 0 Å². The highest BCUT2D eigenvalue weighted by atomic mass is 16.5. The van der Waals surface area contributed by atoms with E-state index in [0.29, 0.717) is 34.2 Å². The van der Waals surface area contributed by atoms with Crippen LogP contribution in [0.4, 0.5) is 11.4 Å². The highest BCUT2D eigenvalue weighted by Crippen LogP contribution is 2.36. The Balaban J connectivity index is 1.75. The molecule has 0 bridgehead atoms. The summed E-state index contributed by atoms with van der Waals surface area (Å²) in [6.07, 6.45) is 0.186. The molecule has 3 aromatic carbocycles. The van der Waals surface area contributed by atoms with Gasteiger partial charge >= 0.3 is 0 Å². The van der Waals surface area contributed by atoms with Gasteiger partial charge in [-0.2, -0.15) is 0 Å². The third-order valence-corrected chi connectivity index (χ3v) is 5.08. The number of carbonyl (C=O) groups is 2. The Bertz CT molecular complexity index is 1100. The fraction of sp³-hybridized carbons (Fsp3) is 0.231. The summed E-state index contributed by atoms with van der Waals surface area (Å²) in [5.41, 5.74) is 2.51. The smallest absolute Gasteiger partial charge is 0.265 e. The maximum atomic E-state index is 12.8. The summed E-state index contributed by atoms with van der Waals surface area (Å²) in [6.45, 7) is 3.74. The van der Waals surface area contributed by atoms with E-state index >= 15 is 0 Å². The van der Waals surface area contributed by atoms with Crippen LogP contribution in [0.1, 0.15) is 29.8 Å². The average molecular weight is 449 g/mol. The first-order valence-electron chi connectivity index (χ1n) is 10.6. The predicted octanol–water partition coefficient (Wildman–Crippen LogP) is 4.92. The van der Waals surface area contributed by atoms with Gasteiger partial charge in [-0.05, 0) is 43.2 Å². The van der Waals surface area contributed by atoms with Gasteiger partial charge in [0, 0.05) is 17.7 Å². The summed E-state index contributed by atoms with van der Waals surface area (Å²) >= 11 is 0. The lowest BCUT2D eigenvalue weighted by Crippen LogP contribution is -2.30. The number of methoxy groups -OCH3 is 2. The van der Waals surface area contributed by atoms with E-state index in [-0.39, 0.29) is 11.8 Å². The first kappa shape index (κ1) is 23.7. The number of carbonyl (C=O) groups excluding carboxylic acids is 2. The third-order valence-electron chi connectivity index (χ3n) is 5.08. The van der Waals surface area contributed by atoms with Crippen molar-refractivity contribution in [1.82, 2.24) is 0 Å². The van der Waals surface area contributed by atoms with Gasteiger partial charge in [-0.25, -0.2) is 0 Å². The summed E-state index contributed by atoms with van der Waals surface area (Å²) in [7, 11) is 2.97. The lowest BCUT2D eigenvalue weighted by atomic mass is 10.2. The van der Waals surface area contributed by atoms with Crippen molar-refractivity contribution in [2.24, 2.45) is 0 Å². The normalized spacial score (nSPS) is 11.3. The van der Waals surface area contributed by atoms with E-state index in [1.54, 1.807) is 43.3 Å². The molecule has 0 aliphatic rings. The average Bonchev–Trinajstić information content (AvgIpc) is 2.85. The number of benzene rings is 3. The van der Waals surface area contributed by atoms with Crippen LogP contribution in [0.3, 0.4) is 0 Å². The fourth-order valence-corrected chi connectivity index (χ4v) is 3.17. The van der Waals surface area contributed by atoms with Crippen LogP contribution >= 0.6 is 0 Å². The van der Waals surface area contributed by atoms with E-state index in [1.807, 2.05) is 30.3 Å². The Kier molecular flexibility index (Phi) is 7.91. The molecule has 0 spiro atoms. The Labute approximate surface area is 193 Å². The highest BCUT2D eigenvalue weighted by Gasteiger charge is 2.20. The molecule has 33 heavy (non-hydrogen) atoms. The monoisotopic (exact) mass is 448 g/mol. The molecule has 0 fully saturated rings. The summed E-state index contributed by atoms with van der Waals surface area (Å²) in [6, 6.07) is 19.7. The van der Waals surface area contributed by atoms with Crippen molar-refractivity contribution in [3.63, 3.8) is 0 Å². The van der Waals surface area contributed by atoms with Gasteiger partial charge in [0.1, 0.15) is 17.2 Å². The van der Waals surface area contributed by atoms with Gasteiger partial charge in [-0.3, -0.25) is 9.59 Å². The summed E-state index contributed by atoms with van der Waals surface area (Å²) in [4.78, 5) is 25.3. The molecule has 2 N–H and O–H groups in total. The van der Waals surface area contributed by atoms with Crippen molar-refractivity contribution < 1.29 is 23.8 Å². The number of amides is 2. The van der Waals surface area contributed by atoms with Crippen molar-refractivity contribution in [3.8, 4) is 17.2 Å². The summed E-state index contributed by atoms with van der Waals surface area (Å²) in [5, 5.41) is 5.63. The van der Waals surface area contributed by atoms with Crippen molar-refractivity contribution in [2.45, 2.75) is 26.4 Å². The van der Waals surface area contributed by atoms with Crippen LogP contribution < -0.4 is 24.8 Å². The minimum atomic E-state index is -0.745. The van der Waals surface area contributed by atoms with Gasteiger partial charge in [0.2, 0.25) is 0 Å². The maximum absolute atomic E-state index is 12.8. The molecular weight excluding hydrogens is 420 g/mol. The molecule has 0 saturated carbocycles. The molecule has 0 radical (unpaired) electrons. The molecule has 172 valence electrons. The van der Waals surface area contributed by atoms with E-state index in [2.05, 4.69) is 17.6 Å². The molecule has 0 saturated heterocycles. The number of hydrogen-bond acceptors (Lipinski definition) is 5. The Morgan fingerprint density at radius 2 is 1.42 bits per heavy atom. The summed E-state index contributed by atoms with van der Waals surface area (Å²) < 4.78 is 16.6. The van der Waals surface area contributed by atoms with Crippen molar-refractivity contribution >= 4 is 23.2 Å².